The maximum Gasteiger partial charge on any atom is 0.166 e. The third-order valence-corrected chi connectivity index (χ3v) is 2.19. The molecule has 0 aromatic carbocycles. The largest absolute Gasteiger partial charge is 0.235 e. The van der Waals surface area contributed by atoms with Gasteiger partial charge in [0.25, 0.3) is 0 Å². The lowest BCUT2D eigenvalue weighted by molar-refractivity contribution is 0.562. The van der Waals surface area contributed by atoms with Crippen molar-refractivity contribution in [2.45, 2.75) is 46.5 Å². The van der Waals surface area contributed by atoms with Crippen LogP contribution in [0.5, 0.6) is 0 Å². The zero-order valence-corrected chi connectivity index (χ0v) is 9.26. The van der Waals surface area contributed by atoms with Crippen LogP contribution in [0.2, 0.25) is 0 Å². The lowest BCUT2D eigenvalue weighted by Crippen LogP contribution is -2.08. The van der Waals surface area contributed by atoms with Gasteiger partial charge in [0, 0.05) is 5.92 Å². The summed E-state index contributed by atoms with van der Waals surface area (Å²) in [7, 11) is 0. The minimum Gasteiger partial charge on any atom is -0.235 e. The molecule has 0 radical (unpaired) electrons. The van der Waals surface area contributed by atoms with Crippen LogP contribution < -0.4 is 0 Å². The van der Waals surface area contributed by atoms with Crippen LogP contribution in [0.1, 0.15) is 50.8 Å². The van der Waals surface area contributed by atoms with E-state index in [9.17, 15) is 4.39 Å². The topological polar surface area (TPSA) is 25.8 Å². The first-order chi connectivity index (χ1) is 6.60. The predicted molar refractivity (Wildman–Crippen MR) is 54.8 cm³/mol. The van der Waals surface area contributed by atoms with Crippen LogP contribution >= 0.6 is 0 Å². The molecule has 0 saturated heterocycles. The Balaban J connectivity index is 3.25. The molecule has 14 heavy (non-hydrogen) atoms. The van der Waals surface area contributed by atoms with Gasteiger partial charge < -0.3 is 0 Å². The van der Waals surface area contributed by atoms with Gasteiger partial charge in [-0.3, -0.25) is 0 Å². The molecule has 0 aliphatic carbocycles. The molecule has 1 rings (SSSR count). The van der Waals surface area contributed by atoms with E-state index in [1.807, 2.05) is 27.7 Å². The van der Waals surface area contributed by atoms with Gasteiger partial charge in [0.15, 0.2) is 5.82 Å². The van der Waals surface area contributed by atoms with E-state index in [1.165, 1.54) is 0 Å². The van der Waals surface area contributed by atoms with Crippen LogP contribution in [0.15, 0.2) is 0 Å². The Morgan fingerprint density at radius 3 is 1.79 bits per heavy atom. The Labute approximate surface area is 84.6 Å². The molecule has 3 heteroatoms. The number of hydrogen-bond donors (Lipinski definition) is 0. The fraction of sp³-hybridized carbons (Fsp3) is 0.636. The fourth-order valence-electron chi connectivity index (χ4n) is 1.29. The Morgan fingerprint density at radius 2 is 1.50 bits per heavy atom. The summed E-state index contributed by atoms with van der Waals surface area (Å²) in [5, 5.41) is 0. The van der Waals surface area contributed by atoms with Crippen LogP contribution in [-0.2, 0) is 12.8 Å². The van der Waals surface area contributed by atoms with Crippen molar-refractivity contribution in [2.75, 3.05) is 0 Å². The van der Waals surface area contributed by atoms with E-state index in [1.54, 1.807) is 0 Å². The average Bonchev–Trinajstić information content (AvgIpc) is 2.17. The molecule has 0 fully saturated rings. The number of halogens is 1. The molecule has 2 nitrogen and oxygen atoms in total. The lowest BCUT2D eigenvalue weighted by Gasteiger charge is -2.09. The number of aryl methyl sites for hydroxylation is 2. The molecule has 1 heterocycles. The highest BCUT2D eigenvalue weighted by atomic mass is 19.1. The van der Waals surface area contributed by atoms with Gasteiger partial charge in [0.05, 0.1) is 11.4 Å². The molecular weight excluding hydrogens is 179 g/mol. The van der Waals surface area contributed by atoms with Gasteiger partial charge in [-0.1, -0.05) is 27.7 Å². The van der Waals surface area contributed by atoms with Gasteiger partial charge in [0.1, 0.15) is 5.82 Å². The second kappa shape index (κ2) is 4.49. The predicted octanol–water partition coefficient (Wildman–Crippen LogP) is 2.86. The molecule has 0 bridgehead atoms. The van der Waals surface area contributed by atoms with E-state index < -0.39 is 0 Å². The summed E-state index contributed by atoms with van der Waals surface area (Å²) in [6, 6.07) is 0. The second-order valence-electron chi connectivity index (χ2n) is 3.65. The molecule has 0 saturated carbocycles. The van der Waals surface area contributed by atoms with Crippen molar-refractivity contribution in [3.63, 3.8) is 0 Å². The summed E-state index contributed by atoms with van der Waals surface area (Å²) in [4.78, 5) is 8.43. The molecule has 0 atom stereocenters. The molecule has 0 aliphatic heterocycles. The van der Waals surface area contributed by atoms with Crippen molar-refractivity contribution in [1.29, 1.82) is 0 Å². The average molecular weight is 196 g/mol. The summed E-state index contributed by atoms with van der Waals surface area (Å²) >= 11 is 0. The van der Waals surface area contributed by atoms with Crippen molar-refractivity contribution >= 4 is 0 Å². The van der Waals surface area contributed by atoms with Gasteiger partial charge in [-0.05, 0) is 12.8 Å². The van der Waals surface area contributed by atoms with E-state index in [2.05, 4.69) is 9.97 Å². The normalized spacial score (nSPS) is 11.0. The van der Waals surface area contributed by atoms with Crippen molar-refractivity contribution in [1.82, 2.24) is 9.97 Å². The first-order valence-corrected chi connectivity index (χ1v) is 5.15. The Morgan fingerprint density at radius 1 is 1.07 bits per heavy atom. The Hall–Kier alpha value is -0.990. The lowest BCUT2D eigenvalue weighted by atomic mass is 10.1. The fourth-order valence-corrected chi connectivity index (χ4v) is 1.29. The van der Waals surface area contributed by atoms with E-state index in [-0.39, 0.29) is 11.7 Å². The smallest absolute Gasteiger partial charge is 0.166 e. The van der Waals surface area contributed by atoms with Crippen LogP contribution in [0, 0.1) is 5.82 Å². The summed E-state index contributed by atoms with van der Waals surface area (Å²) in [5.74, 6) is 0.783. The molecule has 0 unspecified atom stereocenters. The molecular formula is C11H17FN2. The minimum atomic E-state index is -0.223. The van der Waals surface area contributed by atoms with E-state index in [0.29, 0.717) is 24.2 Å². The minimum absolute atomic E-state index is 0.223. The Kier molecular flexibility index (Phi) is 3.55. The molecule has 0 spiro atoms. The second-order valence-corrected chi connectivity index (χ2v) is 3.65. The SMILES string of the molecule is CCc1nc(C(C)C)nc(CC)c1F. The molecule has 1 aromatic heterocycles. The summed E-state index contributed by atoms with van der Waals surface area (Å²) in [5.41, 5.74) is 1.08. The summed E-state index contributed by atoms with van der Waals surface area (Å²) in [6.07, 6.45) is 1.25. The van der Waals surface area contributed by atoms with E-state index in [0.717, 1.165) is 5.82 Å². The van der Waals surface area contributed by atoms with Crippen LogP contribution in [0.3, 0.4) is 0 Å². The first kappa shape index (κ1) is 11.1. The van der Waals surface area contributed by atoms with Crippen LogP contribution in [-0.4, -0.2) is 9.97 Å². The molecule has 0 aliphatic rings. The van der Waals surface area contributed by atoms with E-state index in [4.69, 9.17) is 0 Å². The van der Waals surface area contributed by atoms with Crippen molar-refractivity contribution < 1.29 is 4.39 Å². The van der Waals surface area contributed by atoms with Gasteiger partial charge in [-0.15, -0.1) is 0 Å². The zero-order valence-electron chi connectivity index (χ0n) is 9.26. The highest BCUT2D eigenvalue weighted by molar-refractivity contribution is 5.15. The standard InChI is InChI=1S/C11H17FN2/c1-5-8-10(12)9(6-2)14-11(13-8)7(3)4/h7H,5-6H2,1-4H3. The van der Waals surface area contributed by atoms with Crippen LogP contribution in [0.25, 0.3) is 0 Å². The quantitative estimate of drug-likeness (QED) is 0.743. The monoisotopic (exact) mass is 196 g/mol. The number of rotatable bonds is 3. The van der Waals surface area contributed by atoms with E-state index >= 15 is 0 Å². The third-order valence-electron chi connectivity index (χ3n) is 2.19. The maximum atomic E-state index is 13.6. The van der Waals surface area contributed by atoms with Gasteiger partial charge in [-0.25, -0.2) is 14.4 Å². The zero-order chi connectivity index (χ0) is 10.7. The molecule has 0 amide bonds. The van der Waals surface area contributed by atoms with Crippen molar-refractivity contribution in [3.05, 3.63) is 23.0 Å². The molecule has 1 aromatic rings. The first-order valence-electron chi connectivity index (χ1n) is 5.15. The van der Waals surface area contributed by atoms with Gasteiger partial charge in [0.2, 0.25) is 0 Å². The van der Waals surface area contributed by atoms with Crippen molar-refractivity contribution in [3.8, 4) is 0 Å². The molecule has 78 valence electrons. The van der Waals surface area contributed by atoms with Crippen LogP contribution in [0.4, 0.5) is 4.39 Å². The summed E-state index contributed by atoms with van der Waals surface area (Å²) < 4.78 is 13.6. The highest BCUT2D eigenvalue weighted by Crippen LogP contribution is 2.15. The number of aromatic nitrogens is 2. The van der Waals surface area contributed by atoms with Gasteiger partial charge >= 0.3 is 0 Å². The van der Waals surface area contributed by atoms with Gasteiger partial charge in [-0.2, -0.15) is 0 Å². The third kappa shape index (κ3) is 2.08. The van der Waals surface area contributed by atoms with Crippen molar-refractivity contribution in [2.24, 2.45) is 0 Å². The number of nitrogens with zero attached hydrogens (tertiary/aromatic N) is 2. The Bertz CT molecular complexity index is 296. The number of hydrogen-bond acceptors (Lipinski definition) is 2. The molecule has 0 N–H and O–H groups in total. The highest BCUT2D eigenvalue weighted by Gasteiger charge is 2.13. The summed E-state index contributed by atoms with van der Waals surface area (Å²) in [6.45, 7) is 7.86. The maximum absolute atomic E-state index is 13.6.